The number of hydrogen-bond acceptors (Lipinski definition) is 2. The van der Waals surface area contributed by atoms with Gasteiger partial charge in [0.2, 0.25) is 5.78 Å². The normalized spacial score (nSPS) is 10.7. The fourth-order valence-electron chi connectivity index (χ4n) is 1.59. The number of carbonyl (C=O) groups is 1. The Kier molecular flexibility index (Phi) is 3.43. The van der Waals surface area contributed by atoms with Crippen molar-refractivity contribution < 1.29 is 13.6 Å². The number of rotatable bonds is 3. The molecule has 0 N–H and O–H groups in total. The van der Waals surface area contributed by atoms with E-state index < -0.39 is 17.4 Å². The topological polar surface area (TPSA) is 34.9 Å². The van der Waals surface area contributed by atoms with E-state index in [0.29, 0.717) is 6.54 Å². The standard InChI is InChI=1S/C12H9ClF2N2O/c1-2-17-4-3-16-12(17)11(18)7-5-10(15)8(13)6-9(7)14/h3-6H,2H2,1H3. The lowest BCUT2D eigenvalue weighted by atomic mass is 10.1. The van der Waals surface area contributed by atoms with Crippen LogP contribution in [-0.2, 0) is 6.54 Å². The van der Waals surface area contributed by atoms with Crippen LogP contribution in [0.3, 0.4) is 0 Å². The maximum absolute atomic E-state index is 13.6. The smallest absolute Gasteiger partial charge is 0.231 e. The molecule has 0 aliphatic carbocycles. The van der Waals surface area contributed by atoms with Crippen LogP contribution >= 0.6 is 11.6 Å². The zero-order chi connectivity index (χ0) is 13.3. The van der Waals surface area contributed by atoms with E-state index in [2.05, 4.69) is 4.98 Å². The summed E-state index contributed by atoms with van der Waals surface area (Å²) in [5.74, 6) is -2.30. The van der Waals surface area contributed by atoms with Crippen molar-refractivity contribution in [1.29, 1.82) is 0 Å². The van der Waals surface area contributed by atoms with Gasteiger partial charge in [0.25, 0.3) is 0 Å². The molecule has 6 heteroatoms. The number of nitrogens with zero attached hydrogens (tertiary/aromatic N) is 2. The predicted molar refractivity (Wildman–Crippen MR) is 62.7 cm³/mol. The largest absolute Gasteiger partial charge is 0.328 e. The second kappa shape index (κ2) is 4.86. The molecule has 2 aromatic rings. The third kappa shape index (κ3) is 2.13. The van der Waals surface area contributed by atoms with Crippen molar-refractivity contribution in [2.75, 3.05) is 0 Å². The zero-order valence-corrected chi connectivity index (χ0v) is 10.2. The number of imidazole rings is 1. The minimum absolute atomic E-state index is 0.0677. The van der Waals surface area contributed by atoms with E-state index in [1.165, 1.54) is 6.20 Å². The first-order chi connectivity index (χ1) is 8.54. The molecule has 1 aromatic heterocycles. The van der Waals surface area contributed by atoms with Crippen LogP contribution in [0.25, 0.3) is 0 Å². The summed E-state index contributed by atoms with van der Waals surface area (Å²) < 4.78 is 28.4. The molecular weight excluding hydrogens is 262 g/mol. The van der Waals surface area contributed by atoms with E-state index in [-0.39, 0.29) is 16.4 Å². The Morgan fingerprint density at radius 2 is 2.11 bits per heavy atom. The lowest BCUT2D eigenvalue weighted by Gasteiger charge is -2.05. The molecule has 0 saturated heterocycles. The summed E-state index contributed by atoms with van der Waals surface area (Å²) in [6.07, 6.45) is 3.03. The molecule has 1 aromatic carbocycles. The van der Waals surface area contributed by atoms with Gasteiger partial charge in [0, 0.05) is 18.9 Å². The van der Waals surface area contributed by atoms with Gasteiger partial charge in [-0.25, -0.2) is 13.8 Å². The molecule has 94 valence electrons. The molecule has 18 heavy (non-hydrogen) atoms. The summed E-state index contributed by atoms with van der Waals surface area (Å²) in [6.45, 7) is 2.33. The highest BCUT2D eigenvalue weighted by Gasteiger charge is 2.20. The van der Waals surface area contributed by atoms with Gasteiger partial charge in [-0.1, -0.05) is 11.6 Å². The summed E-state index contributed by atoms with van der Waals surface area (Å²) in [4.78, 5) is 15.9. The van der Waals surface area contributed by atoms with E-state index >= 15 is 0 Å². The van der Waals surface area contributed by atoms with Crippen LogP contribution in [0.2, 0.25) is 5.02 Å². The van der Waals surface area contributed by atoms with Crippen molar-refractivity contribution in [3.8, 4) is 0 Å². The molecule has 0 spiro atoms. The Balaban J connectivity index is 2.50. The molecule has 0 amide bonds. The van der Waals surface area contributed by atoms with Crippen LogP contribution in [0, 0.1) is 11.6 Å². The summed E-state index contributed by atoms with van der Waals surface area (Å²) in [5, 5.41) is -0.358. The number of ketones is 1. The fraction of sp³-hybridized carbons (Fsp3) is 0.167. The molecule has 0 fully saturated rings. The average Bonchev–Trinajstić information content (AvgIpc) is 2.81. The number of benzene rings is 1. The minimum atomic E-state index is -0.864. The molecular formula is C12H9ClF2N2O. The third-order valence-electron chi connectivity index (χ3n) is 2.51. The highest BCUT2D eigenvalue weighted by molar-refractivity contribution is 6.30. The van der Waals surface area contributed by atoms with Gasteiger partial charge in [-0.05, 0) is 19.1 Å². The molecule has 0 aliphatic rings. The van der Waals surface area contributed by atoms with Gasteiger partial charge in [0.05, 0.1) is 10.6 Å². The van der Waals surface area contributed by atoms with Crippen molar-refractivity contribution in [3.05, 3.63) is 52.6 Å². The first kappa shape index (κ1) is 12.7. The highest BCUT2D eigenvalue weighted by Crippen LogP contribution is 2.21. The Bertz CT molecular complexity index is 610. The van der Waals surface area contributed by atoms with Gasteiger partial charge < -0.3 is 4.57 Å². The summed E-state index contributed by atoms with van der Waals surface area (Å²) in [5.41, 5.74) is -0.377. The van der Waals surface area contributed by atoms with Crippen LogP contribution in [0.4, 0.5) is 8.78 Å². The number of halogens is 3. The quantitative estimate of drug-likeness (QED) is 0.635. The van der Waals surface area contributed by atoms with E-state index in [1.807, 2.05) is 6.92 Å². The average molecular weight is 271 g/mol. The maximum Gasteiger partial charge on any atom is 0.231 e. The third-order valence-corrected chi connectivity index (χ3v) is 2.80. The Labute approximate surface area is 107 Å². The molecule has 2 rings (SSSR count). The highest BCUT2D eigenvalue weighted by atomic mass is 35.5. The number of aryl methyl sites for hydroxylation is 1. The van der Waals surface area contributed by atoms with Crippen LogP contribution < -0.4 is 0 Å². The molecule has 0 saturated carbocycles. The number of hydrogen-bond donors (Lipinski definition) is 0. The van der Waals surface area contributed by atoms with Gasteiger partial charge in [-0.2, -0.15) is 0 Å². The van der Waals surface area contributed by atoms with Crippen molar-refractivity contribution in [3.63, 3.8) is 0 Å². The van der Waals surface area contributed by atoms with Crippen LogP contribution in [0.5, 0.6) is 0 Å². The molecule has 3 nitrogen and oxygen atoms in total. The molecule has 0 radical (unpaired) electrons. The first-order valence-electron chi connectivity index (χ1n) is 5.25. The van der Waals surface area contributed by atoms with Crippen LogP contribution in [0.15, 0.2) is 24.5 Å². The van der Waals surface area contributed by atoms with Crippen molar-refractivity contribution >= 4 is 17.4 Å². The Hall–Kier alpha value is -1.75. The lowest BCUT2D eigenvalue weighted by molar-refractivity contribution is 0.102. The monoisotopic (exact) mass is 270 g/mol. The molecule has 0 bridgehead atoms. The Morgan fingerprint density at radius 1 is 1.39 bits per heavy atom. The number of aromatic nitrogens is 2. The minimum Gasteiger partial charge on any atom is -0.328 e. The molecule has 1 heterocycles. The van der Waals surface area contributed by atoms with Crippen LogP contribution in [0.1, 0.15) is 23.1 Å². The van der Waals surface area contributed by atoms with E-state index in [0.717, 1.165) is 12.1 Å². The zero-order valence-electron chi connectivity index (χ0n) is 9.45. The van der Waals surface area contributed by atoms with Gasteiger partial charge in [-0.3, -0.25) is 4.79 Å². The molecule has 0 aliphatic heterocycles. The predicted octanol–water partition coefficient (Wildman–Crippen LogP) is 3.07. The van der Waals surface area contributed by atoms with Gasteiger partial charge in [0.15, 0.2) is 5.82 Å². The van der Waals surface area contributed by atoms with Crippen molar-refractivity contribution in [2.24, 2.45) is 0 Å². The van der Waals surface area contributed by atoms with Gasteiger partial charge >= 0.3 is 0 Å². The Morgan fingerprint density at radius 3 is 2.78 bits per heavy atom. The van der Waals surface area contributed by atoms with E-state index in [4.69, 9.17) is 11.6 Å². The molecule has 0 atom stereocenters. The van der Waals surface area contributed by atoms with E-state index in [9.17, 15) is 13.6 Å². The maximum atomic E-state index is 13.6. The summed E-state index contributed by atoms with van der Waals surface area (Å²) >= 11 is 5.43. The number of carbonyl (C=O) groups excluding carboxylic acids is 1. The summed E-state index contributed by atoms with van der Waals surface area (Å²) in [6, 6.07) is 1.57. The second-order valence-corrected chi connectivity index (χ2v) is 4.02. The second-order valence-electron chi connectivity index (χ2n) is 3.61. The van der Waals surface area contributed by atoms with Gasteiger partial charge in [-0.15, -0.1) is 0 Å². The van der Waals surface area contributed by atoms with Crippen molar-refractivity contribution in [1.82, 2.24) is 9.55 Å². The summed E-state index contributed by atoms with van der Waals surface area (Å²) in [7, 11) is 0. The van der Waals surface area contributed by atoms with Gasteiger partial charge in [0.1, 0.15) is 11.6 Å². The lowest BCUT2D eigenvalue weighted by Crippen LogP contribution is -2.12. The van der Waals surface area contributed by atoms with Crippen molar-refractivity contribution in [2.45, 2.75) is 13.5 Å². The molecule has 0 unspecified atom stereocenters. The SMILES string of the molecule is CCn1ccnc1C(=O)c1cc(F)c(Cl)cc1F. The van der Waals surface area contributed by atoms with Crippen LogP contribution in [-0.4, -0.2) is 15.3 Å². The first-order valence-corrected chi connectivity index (χ1v) is 5.62. The fourth-order valence-corrected chi connectivity index (χ4v) is 1.74. The van der Waals surface area contributed by atoms with E-state index in [1.54, 1.807) is 10.8 Å².